The van der Waals surface area contributed by atoms with Crippen molar-refractivity contribution in [2.24, 2.45) is 0 Å². The molecule has 1 amide bonds. The van der Waals surface area contributed by atoms with Gasteiger partial charge in [-0.3, -0.25) is 20.5 Å². The fourth-order valence-corrected chi connectivity index (χ4v) is 2.24. The van der Waals surface area contributed by atoms with Gasteiger partial charge in [0.15, 0.2) is 0 Å². The van der Waals surface area contributed by atoms with E-state index in [1.807, 2.05) is 5.48 Å². The SMILES string of the molecule is O=C(NCCOc1ccc(C(=S)NO)cc1)c1cncc(Br)c1. The van der Waals surface area contributed by atoms with E-state index in [4.69, 9.17) is 22.2 Å². The summed E-state index contributed by atoms with van der Waals surface area (Å²) in [5, 5.41) is 11.5. The highest BCUT2D eigenvalue weighted by molar-refractivity contribution is 9.10. The van der Waals surface area contributed by atoms with Crippen LogP contribution >= 0.6 is 28.1 Å². The van der Waals surface area contributed by atoms with Gasteiger partial charge in [-0.1, -0.05) is 12.2 Å². The van der Waals surface area contributed by atoms with Crippen LogP contribution in [0, 0.1) is 0 Å². The van der Waals surface area contributed by atoms with Gasteiger partial charge in [-0.05, 0) is 46.3 Å². The summed E-state index contributed by atoms with van der Waals surface area (Å²) < 4.78 is 6.27. The van der Waals surface area contributed by atoms with Crippen LogP contribution in [0.15, 0.2) is 47.2 Å². The van der Waals surface area contributed by atoms with Crippen LogP contribution in [-0.2, 0) is 0 Å². The first-order chi connectivity index (χ1) is 11.1. The van der Waals surface area contributed by atoms with E-state index in [9.17, 15) is 4.79 Å². The number of thiocarbonyl (C=S) groups is 1. The van der Waals surface area contributed by atoms with Gasteiger partial charge >= 0.3 is 0 Å². The van der Waals surface area contributed by atoms with Gasteiger partial charge in [0.25, 0.3) is 5.91 Å². The fraction of sp³-hybridized carbons (Fsp3) is 0.133. The van der Waals surface area contributed by atoms with Crippen LogP contribution in [0.1, 0.15) is 15.9 Å². The van der Waals surface area contributed by atoms with Crippen LogP contribution in [0.3, 0.4) is 0 Å². The van der Waals surface area contributed by atoms with Gasteiger partial charge < -0.3 is 10.1 Å². The molecule has 120 valence electrons. The first-order valence-electron chi connectivity index (χ1n) is 6.66. The largest absolute Gasteiger partial charge is 0.492 e. The lowest BCUT2D eigenvalue weighted by molar-refractivity contribution is 0.0946. The number of hydrogen-bond donors (Lipinski definition) is 3. The Morgan fingerprint density at radius 3 is 2.65 bits per heavy atom. The van der Waals surface area contributed by atoms with Gasteiger partial charge in [-0.15, -0.1) is 0 Å². The van der Waals surface area contributed by atoms with E-state index in [0.29, 0.717) is 30.0 Å². The third-order valence-corrected chi connectivity index (χ3v) is 3.60. The second-order valence-corrected chi connectivity index (χ2v) is 5.79. The van der Waals surface area contributed by atoms with Crippen molar-refractivity contribution in [2.75, 3.05) is 13.2 Å². The van der Waals surface area contributed by atoms with Gasteiger partial charge in [0.1, 0.15) is 17.3 Å². The summed E-state index contributed by atoms with van der Waals surface area (Å²) >= 11 is 8.17. The maximum Gasteiger partial charge on any atom is 0.253 e. The number of rotatable bonds is 6. The Kier molecular flexibility index (Phi) is 6.45. The van der Waals surface area contributed by atoms with Gasteiger partial charge in [-0.2, -0.15) is 0 Å². The lowest BCUT2D eigenvalue weighted by atomic mass is 10.2. The molecule has 3 N–H and O–H groups in total. The van der Waals surface area contributed by atoms with E-state index in [2.05, 4.69) is 26.2 Å². The Hall–Kier alpha value is -2.03. The topological polar surface area (TPSA) is 83.5 Å². The van der Waals surface area contributed by atoms with Crippen molar-refractivity contribution in [1.29, 1.82) is 0 Å². The van der Waals surface area contributed by atoms with Crippen LogP contribution < -0.4 is 15.5 Å². The molecule has 1 heterocycles. The minimum Gasteiger partial charge on any atom is -0.492 e. The lowest BCUT2D eigenvalue weighted by Gasteiger charge is -2.09. The minimum atomic E-state index is -0.211. The zero-order valence-corrected chi connectivity index (χ0v) is 14.4. The molecule has 2 aromatic rings. The number of aromatic nitrogens is 1. The predicted molar refractivity (Wildman–Crippen MR) is 92.8 cm³/mol. The van der Waals surface area contributed by atoms with E-state index in [0.717, 1.165) is 4.47 Å². The van der Waals surface area contributed by atoms with Gasteiger partial charge in [0.2, 0.25) is 0 Å². The zero-order chi connectivity index (χ0) is 16.7. The molecule has 0 aliphatic heterocycles. The number of hydroxylamine groups is 1. The van der Waals surface area contributed by atoms with E-state index in [1.54, 1.807) is 36.5 Å². The van der Waals surface area contributed by atoms with E-state index in [-0.39, 0.29) is 10.9 Å². The van der Waals surface area contributed by atoms with Crippen molar-refractivity contribution < 1.29 is 14.7 Å². The van der Waals surface area contributed by atoms with Crippen LogP contribution in [0.25, 0.3) is 0 Å². The van der Waals surface area contributed by atoms with E-state index in [1.165, 1.54) is 6.20 Å². The molecule has 0 radical (unpaired) electrons. The van der Waals surface area contributed by atoms with E-state index >= 15 is 0 Å². The zero-order valence-electron chi connectivity index (χ0n) is 12.0. The number of nitrogens with zero attached hydrogens (tertiary/aromatic N) is 1. The Labute approximate surface area is 147 Å². The number of hydrogen-bond acceptors (Lipinski definition) is 5. The number of pyridine rings is 1. The average Bonchev–Trinajstić information content (AvgIpc) is 2.58. The molecule has 0 fully saturated rings. The number of benzene rings is 1. The molecule has 0 atom stereocenters. The lowest BCUT2D eigenvalue weighted by Crippen LogP contribution is -2.28. The third kappa shape index (κ3) is 5.27. The molecule has 0 saturated heterocycles. The molecule has 0 unspecified atom stereocenters. The molecule has 0 spiro atoms. The molecule has 0 bridgehead atoms. The summed E-state index contributed by atoms with van der Waals surface area (Å²) in [4.78, 5) is 16.1. The maximum absolute atomic E-state index is 11.9. The highest BCUT2D eigenvalue weighted by Gasteiger charge is 2.06. The van der Waals surface area contributed by atoms with Crippen LogP contribution in [0.4, 0.5) is 0 Å². The summed E-state index contributed by atoms with van der Waals surface area (Å²) in [6.45, 7) is 0.693. The summed E-state index contributed by atoms with van der Waals surface area (Å²) in [7, 11) is 0. The van der Waals surface area contributed by atoms with Crippen LogP contribution in [0.5, 0.6) is 5.75 Å². The van der Waals surface area contributed by atoms with Crippen molar-refractivity contribution in [3.63, 3.8) is 0 Å². The summed E-state index contributed by atoms with van der Waals surface area (Å²) in [5.41, 5.74) is 3.09. The van der Waals surface area contributed by atoms with Crippen molar-refractivity contribution in [3.8, 4) is 5.75 Å². The fourth-order valence-electron chi connectivity index (χ4n) is 1.74. The Morgan fingerprint density at radius 1 is 1.26 bits per heavy atom. The molecule has 6 nitrogen and oxygen atoms in total. The molecule has 1 aromatic heterocycles. The molecule has 1 aromatic carbocycles. The summed E-state index contributed by atoms with van der Waals surface area (Å²) in [6.07, 6.45) is 3.11. The molecule has 0 saturated carbocycles. The number of ether oxygens (including phenoxy) is 1. The predicted octanol–water partition coefficient (Wildman–Crippen LogP) is 2.31. The standard InChI is InChI=1S/C15H14BrN3O3S/c16-12-7-11(8-17-9-12)14(20)18-5-6-22-13-3-1-10(2-4-13)15(23)19-21/h1-4,7-9,21H,5-6H2,(H,18,20)(H,19,23). The van der Waals surface area contributed by atoms with Crippen molar-refractivity contribution in [1.82, 2.24) is 15.8 Å². The van der Waals surface area contributed by atoms with Crippen LogP contribution in [-0.4, -0.2) is 34.2 Å². The first kappa shape index (κ1) is 17.3. The molecular formula is C15H14BrN3O3S. The molecule has 23 heavy (non-hydrogen) atoms. The van der Waals surface area contributed by atoms with Crippen molar-refractivity contribution in [2.45, 2.75) is 0 Å². The normalized spacial score (nSPS) is 10.0. The van der Waals surface area contributed by atoms with Gasteiger partial charge in [-0.25, -0.2) is 0 Å². The Morgan fingerprint density at radius 2 is 2.00 bits per heavy atom. The quantitative estimate of drug-likeness (QED) is 0.395. The second kappa shape index (κ2) is 8.56. The number of carbonyl (C=O) groups is 1. The maximum atomic E-state index is 11.9. The monoisotopic (exact) mass is 395 g/mol. The van der Waals surface area contributed by atoms with E-state index < -0.39 is 0 Å². The average molecular weight is 396 g/mol. The van der Waals surface area contributed by atoms with Gasteiger partial charge in [0, 0.05) is 22.4 Å². The molecule has 0 aliphatic carbocycles. The third-order valence-electron chi connectivity index (χ3n) is 2.84. The number of nitrogens with one attached hydrogen (secondary N) is 2. The Bertz CT molecular complexity index is 695. The minimum absolute atomic E-state index is 0.211. The first-order valence-corrected chi connectivity index (χ1v) is 7.86. The van der Waals surface area contributed by atoms with Crippen molar-refractivity contribution in [3.05, 3.63) is 58.3 Å². The second-order valence-electron chi connectivity index (χ2n) is 4.46. The molecule has 0 aliphatic rings. The number of halogens is 1. The Balaban J connectivity index is 1.77. The number of carbonyl (C=O) groups excluding carboxylic acids is 1. The summed E-state index contributed by atoms with van der Waals surface area (Å²) in [5.74, 6) is 0.435. The molecular weight excluding hydrogens is 382 g/mol. The smallest absolute Gasteiger partial charge is 0.253 e. The summed E-state index contributed by atoms with van der Waals surface area (Å²) in [6, 6.07) is 8.62. The van der Waals surface area contributed by atoms with Crippen molar-refractivity contribution >= 4 is 39.0 Å². The van der Waals surface area contributed by atoms with Gasteiger partial charge in [0.05, 0.1) is 12.1 Å². The molecule has 2 rings (SSSR count). The highest BCUT2D eigenvalue weighted by Crippen LogP contribution is 2.12. The number of amides is 1. The molecule has 8 heteroatoms. The highest BCUT2D eigenvalue weighted by atomic mass is 79.9. The van der Waals surface area contributed by atoms with Crippen LogP contribution in [0.2, 0.25) is 0 Å².